The number of nitrogens with one attached hydrogen (secondary N) is 1. The molecule has 1 aromatic carbocycles. The summed E-state index contributed by atoms with van der Waals surface area (Å²) in [6.07, 6.45) is 2.95. The summed E-state index contributed by atoms with van der Waals surface area (Å²) >= 11 is 0. The number of nitrogens with zero attached hydrogens (tertiary/aromatic N) is 2. The maximum atomic E-state index is 12.8. The Balaban J connectivity index is 1.47. The van der Waals surface area contributed by atoms with E-state index in [1.54, 1.807) is 15.9 Å². The first-order valence-corrected chi connectivity index (χ1v) is 8.73. The lowest BCUT2D eigenvalue weighted by Gasteiger charge is -2.34. The summed E-state index contributed by atoms with van der Waals surface area (Å²) in [4.78, 5) is 32.0. The molecule has 0 aliphatic carbocycles. The van der Waals surface area contributed by atoms with E-state index in [1.807, 2.05) is 13.0 Å². The molecule has 3 aromatic rings. The van der Waals surface area contributed by atoms with E-state index in [2.05, 4.69) is 24.0 Å². The van der Waals surface area contributed by atoms with Gasteiger partial charge in [-0.1, -0.05) is 6.07 Å². The molecule has 1 fully saturated rings. The van der Waals surface area contributed by atoms with E-state index >= 15 is 0 Å². The number of aromatic nitrogens is 1. The van der Waals surface area contributed by atoms with Crippen LogP contribution in [0.5, 0.6) is 0 Å². The fourth-order valence-electron chi connectivity index (χ4n) is 3.57. The van der Waals surface area contributed by atoms with Crippen LogP contribution >= 0.6 is 0 Å². The molecular weight excluding hydrogens is 330 g/mol. The molecule has 0 bridgehead atoms. The molecule has 6 heteroatoms. The van der Waals surface area contributed by atoms with Crippen molar-refractivity contribution in [2.75, 3.05) is 26.2 Å². The molecule has 2 amide bonds. The number of aryl methyl sites for hydroxylation is 2. The van der Waals surface area contributed by atoms with Crippen LogP contribution in [0.3, 0.4) is 0 Å². The fourth-order valence-corrected chi connectivity index (χ4v) is 3.57. The van der Waals surface area contributed by atoms with Crippen molar-refractivity contribution in [2.45, 2.75) is 13.8 Å². The van der Waals surface area contributed by atoms with Crippen molar-refractivity contribution in [2.24, 2.45) is 0 Å². The number of amides is 2. The molecule has 0 saturated carbocycles. The number of fused-ring (bicyclic) bond motifs is 1. The van der Waals surface area contributed by atoms with Gasteiger partial charge in [-0.3, -0.25) is 9.59 Å². The molecule has 0 atom stereocenters. The normalized spacial score (nSPS) is 14.8. The van der Waals surface area contributed by atoms with Gasteiger partial charge in [-0.25, -0.2) is 0 Å². The third-order valence-electron chi connectivity index (χ3n) is 4.94. The predicted molar refractivity (Wildman–Crippen MR) is 98.3 cm³/mol. The van der Waals surface area contributed by atoms with E-state index in [1.165, 1.54) is 18.1 Å². The Hall–Kier alpha value is -3.02. The molecule has 0 radical (unpaired) electrons. The average Bonchev–Trinajstić information content (AvgIpc) is 3.30. The molecule has 2 aromatic heterocycles. The van der Waals surface area contributed by atoms with Crippen LogP contribution in [0.1, 0.15) is 32.0 Å². The maximum Gasteiger partial charge on any atom is 0.270 e. The lowest BCUT2D eigenvalue weighted by atomic mass is 10.1. The van der Waals surface area contributed by atoms with Gasteiger partial charge in [0.1, 0.15) is 12.0 Å². The Kier molecular flexibility index (Phi) is 4.03. The zero-order chi connectivity index (χ0) is 18.3. The first kappa shape index (κ1) is 16.4. The van der Waals surface area contributed by atoms with Crippen LogP contribution < -0.4 is 0 Å². The summed E-state index contributed by atoms with van der Waals surface area (Å²) < 4.78 is 4.97. The summed E-state index contributed by atoms with van der Waals surface area (Å²) in [6.45, 7) is 6.19. The minimum atomic E-state index is -0.0532. The van der Waals surface area contributed by atoms with Crippen LogP contribution in [0.25, 0.3) is 10.9 Å². The SMILES string of the molecule is Cc1cc(C)c2cc(C(=O)N3CCN(C(=O)c4ccoc4)CC3)[nH]c2c1. The lowest BCUT2D eigenvalue weighted by Crippen LogP contribution is -2.50. The van der Waals surface area contributed by atoms with Crippen molar-refractivity contribution in [1.29, 1.82) is 0 Å². The van der Waals surface area contributed by atoms with Crippen LogP contribution in [0.15, 0.2) is 41.2 Å². The van der Waals surface area contributed by atoms with E-state index in [-0.39, 0.29) is 11.8 Å². The minimum absolute atomic E-state index is 0.0198. The number of carbonyl (C=O) groups excluding carboxylic acids is 2. The van der Waals surface area contributed by atoms with Crippen molar-refractivity contribution < 1.29 is 14.0 Å². The quantitative estimate of drug-likeness (QED) is 0.772. The number of aromatic amines is 1. The van der Waals surface area contributed by atoms with Crippen LogP contribution in [0, 0.1) is 13.8 Å². The Labute approximate surface area is 151 Å². The van der Waals surface area contributed by atoms with Gasteiger partial charge in [-0.2, -0.15) is 0 Å². The van der Waals surface area contributed by atoms with Crippen LogP contribution in [-0.4, -0.2) is 52.8 Å². The van der Waals surface area contributed by atoms with Crippen molar-refractivity contribution in [1.82, 2.24) is 14.8 Å². The molecule has 0 unspecified atom stereocenters. The number of carbonyl (C=O) groups is 2. The average molecular weight is 351 g/mol. The van der Waals surface area contributed by atoms with Crippen molar-refractivity contribution in [3.63, 3.8) is 0 Å². The molecule has 26 heavy (non-hydrogen) atoms. The monoisotopic (exact) mass is 351 g/mol. The van der Waals surface area contributed by atoms with Crippen LogP contribution in [0.4, 0.5) is 0 Å². The summed E-state index contributed by atoms with van der Waals surface area (Å²) in [5.74, 6) is -0.0729. The van der Waals surface area contributed by atoms with Gasteiger partial charge >= 0.3 is 0 Å². The zero-order valence-electron chi connectivity index (χ0n) is 14.9. The van der Waals surface area contributed by atoms with Gasteiger partial charge < -0.3 is 19.2 Å². The zero-order valence-corrected chi connectivity index (χ0v) is 14.9. The summed E-state index contributed by atoms with van der Waals surface area (Å²) in [5.41, 5.74) is 4.46. The van der Waals surface area contributed by atoms with E-state index in [0.29, 0.717) is 37.4 Å². The van der Waals surface area contributed by atoms with Crippen molar-refractivity contribution >= 4 is 22.7 Å². The molecule has 134 valence electrons. The fraction of sp³-hybridized carbons (Fsp3) is 0.300. The molecule has 6 nitrogen and oxygen atoms in total. The smallest absolute Gasteiger partial charge is 0.270 e. The second-order valence-electron chi connectivity index (χ2n) is 6.82. The van der Waals surface area contributed by atoms with Gasteiger partial charge in [0.2, 0.25) is 0 Å². The highest BCUT2D eigenvalue weighted by molar-refractivity contribution is 5.99. The molecule has 1 aliphatic heterocycles. The summed E-state index contributed by atoms with van der Waals surface area (Å²) in [7, 11) is 0. The summed E-state index contributed by atoms with van der Waals surface area (Å²) in [6, 6.07) is 7.76. The lowest BCUT2D eigenvalue weighted by molar-refractivity contribution is 0.0532. The molecule has 4 rings (SSSR count). The van der Waals surface area contributed by atoms with Gasteiger partial charge in [-0.05, 0) is 43.2 Å². The Morgan fingerprint density at radius 3 is 2.35 bits per heavy atom. The number of benzene rings is 1. The number of piperazine rings is 1. The third kappa shape index (κ3) is 2.87. The van der Waals surface area contributed by atoms with E-state index < -0.39 is 0 Å². The number of hydrogen-bond acceptors (Lipinski definition) is 3. The summed E-state index contributed by atoms with van der Waals surface area (Å²) in [5, 5.41) is 1.08. The maximum absolute atomic E-state index is 12.8. The van der Waals surface area contributed by atoms with Gasteiger partial charge in [0.25, 0.3) is 11.8 Å². The first-order chi connectivity index (χ1) is 12.5. The Morgan fingerprint density at radius 1 is 1.00 bits per heavy atom. The van der Waals surface area contributed by atoms with Crippen LogP contribution in [-0.2, 0) is 0 Å². The van der Waals surface area contributed by atoms with Crippen LogP contribution in [0.2, 0.25) is 0 Å². The number of rotatable bonds is 2. The van der Waals surface area contributed by atoms with Gasteiger partial charge in [0.05, 0.1) is 11.8 Å². The first-order valence-electron chi connectivity index (χ1n) is 8.73. The van der Waals surface area contributed by atoms with Gasteiger partial charge in [0.15, 0.2) is 0 Å². The number of furan rings is 1. The van der Waals surface area contributed by atoms with E-state index in [9.17, 15) is 9.59 Å². The number of hydrogen-bond donors (Lipinski definition) is 1. The van der Waals surface area contributed by atoms with Gasteiger partial charge in [0, 0.05) is 37.1 Å². The van der Waals surface area contributed by atoms with Gasteiger partial charge in [-0.15, -0.1) is 0 Å². The molecular formula is C20H21N3O3. The van der Waals surface area contributed by atoms with E-state index in [0.717, 1.165) is 16.5 Å². The molecule has 3 heterocycles. The highest BCUT2D eigenvalue weighted by Crippen LogP contribution is 2.22. The van der Waals surface area contributed by atoms with Crippen molar-refractivity contribution in [3.8, 4) is 0 Å². The topological polar surface area (TPSA) is 69.6 Å². The van der Waals surface area contributed by atoms with E-state index in [4.69, 9.17) is 4.42 Å². The number of H-pyrrole nitrogens is 1. The second-order valence-corrected chi connectivity index (χ2v) is 6.82. The molecule has 1 aliphatic rings. The second kappa shape index (κ2) is 6.37. The Morgan fingerprint density at radius 2 is 1.69 bits per heavy atom. The third-order valence-corrected chi connectivity index (χ3v) is 4.94. The molecule has 1 saturated heterocycles. The molecule has 1 N–H and O–H groups in total. The standard InChI is InChI=1S/C20H21N3O3/c1-13-9-14(2)16-11-18(21-17(16)10-13)20(25)23-6-4-22(5-7-23)19(24)15-3-8-26-12-15/h3,8-12,21H,4-7H2,1-2H3. The van der Waals surface area contributed by atoms with Crippen molar-refractivity contribution in [3.05, 3.63) is 59.2 Å². The highest BCUT2D eigenvalue weighted by Gasteiger charge is 2.26. The highest BCUT2D eigenvalue weighted by atomic mass is 16.3. The molecule has 0 spiro atoms. The largest absolute Gasteiger partial charge is 0.472 e. The predicted octanol–water partition coefficient (Wildman–Crippen LogP) is 2.98. The Bertz CT molecular complexity index is 964. The minimum Gasteiger partial charge on any atom is -0.472 e.